The van der Waals surface area contributed by atoms with Gasteiger partial charge in [0, 0.05) is 35.2 Å². The predicted molar refractivity (Wildman–Crippen MR) is 123 cm³/mol. The van der Waals surface area contributed by atoms with Crippen molar-refractivity contribution in [3.63, 3.8) is 0 Å². The number of aryl methyl sites for hydroxylation is 2. The van der Waals surface area contributed by atoms with Crippen molar-refractivity contribution in [3.05, 3.63) is 64.8 Å². The van der Waals surface area contributed by atoms with Crippen LogP contribution in [0.5, 0.6) is 0 Å². The molecule has 0 spiro atoms. The summed E-state index contributed by atoms with van der Waals surface area (Å²) in [6.07, 6.45) is -1.05. The standard InChI is InChI=1S/C24H26N2O6S/c1-15-8-9-18(14-21(15)33(29,30)26-10-12-31-13-11-26)24(28)32-17(3)23(27)22-16(2)25-20-7-5-4-6-19(20)22/h4-9,14,17,25H,10-13H2,1-3H3/t17-/m0/s1. The minimum Gasteiger partial charge on any atom is -0.451 e. The first kappa shape index (κ1) is 23.2. The second-order valence-corrected chi connectivity index (χ2v) is 9.99. The molecule has 8 nitrogen and oxygen atoms in total. The zero-order valence-corrected chi connectivity index (χ0v) is 19.6. The van der Waals surface area contributed by atoms with Gasteiger partial charge in [0.05, 0.1) is 23.7 Å². The number of hydrogen-bond donors (Lipinski definition) is 1. The number of nitrogens with one attached hydrogen (secondary N) is 1. The lowest BCUT2D eigenvalue weighted by Crippen LogP contribution is -2.40. The summed E-state index contributed by atoms with van der Waals surface area (Å²) in [5.74, 6) is -1.08. The first-order chi connectivity index (χ1) is 15.7. The highest BCUT2D eigenvalue weighted by Gasteiger charge is 2.30. The van der Waals surface area contributed by atoms with E-state index in [1.165, 1.54) is 23.4 Å². The number of nitrogens with zero attached hydrogens (tertiary/aromatic N) is 1. The molecular weight excluding hydrogens is 444 g/mol. The maximum absolute atomic E-state index is 13.1. The average molecular weight is 471 g/mol. The van der Waals surface area contributed by atoms with E-state index in [1.807, 2.05) is 24.3 Å². The van der Waals surface area contributed by atoms with Crippen molar-refractivity contribution in [1.82, 2.24) is 9.29 Å². The lowest BCUT2D eigenvalue weighted by Gasteiger charge is -2.26. The van der Waals surface area contributed by atoms with E-state index in [1.54, 1.807) is 19.9 Å². The number of rotatable bonds is 6. The fourth-order valence-corrected chi connectivity index (χ4v) is 5.67. The molecule has 2 heterocycles. The van der Waals surface area contributed by atoms with E-state index in [0.717, 1.165) is 10.9 Å². The van der Waals surface area contributed by atoms with Gasteiger partial charge in [-0.1, -0.05) is 24.3 Å². The Bertz CT molecular complexity index is 1320. The number of aromatic amines is 1. The summed E-state index contributed by atoms with van der Waals surface area (Å²) in [5, 5.41) is 0.761. The number of ketones is 1. The molecule has 0 bridgehead atoms. The summed E-state index contributed by atoms with van der Waals surface area (Å²) in [7, 11) is -3.78. The molecule has 4 rings (SSSR count). The van der Waals surface area contributed by atoms with Crippen LogP contribution in [0, 0.1) is 13.8 Å². The van der Waals surface area contributed by atoms with Gasteiger partial charge in [-0.05, 0) is 44.5 Å². The number of Topliss-reactive ketones (excluding diaryl/α,β-unsaturated/α-hetero) is 1. The number of carbonyl (C=O) groups is 2. The quantitative estimate of drug-likeness (QED) is 0.438. The Labute approximate surface area is 192 Å². The molecule has 0 aliphatic carbocycles. The maximum Gasteiger partial charge on any atom is 0.338 e. The van der Waals surface area contributed by atoms with Crippen molar-refractivity contribution in [3.8, 4) is 0 Å². The molecular formula is C24H26N2O6S. The molecule has 1 saturated heterocycles. The summed E-state index contributed by atoms with van der Waals surface area (Å²) in [6, 6.07) is 11.8. The molecule has 1 aliphatic rings. The molecule has 0 saturated carbocycles. The normalized spacial score (nSPS) is 16.0. The van der Waals surface area contributed by atoms with Crippen LogP contribution in [0.3, 0.4) is 0 Å². The van der Waals surface area contributed by atoms with Gasteiger partial charge in [-0.25, -0.2) is 13.2 Å². The lowest BCUT2D eigenvalue weighted by molar-refractivity contribution is 0.0319. The molecule has 2 aromatic carbocycles. The van der Waals surface area contributed by atoms with Crippen LogP contribution >= 0.6 is 0 Å². The molecule has 0 amide bonds. The molecule has 1 fully saturated rings. The van der Waals surface area contributed by atoms with E-state index in [2.05, 4.69) is 4.98 Å². The number of benzene rings is 2. The number of aromatic nitrogens is 1. The summed E-state index contributed by atoms with van der Waals surface area (Å²) in [4.78, 5) is 29.1. The third-order valence-electron chi connectivity index (χ3n) is 5.80. The Balaban J connectivity index is 1.56. The fourth-order valence-electron chi connectivity index (χ4n) is 4.01. The lowest BCUT2D eigenvalue weighted by atomic mass is 10.0. The fraction of sp³-hybridized carbons (Fsp3) is 0.333. The van der Waals surface area contributed by atoms with Gasteiger partial charge in [-0.15, -0.1) is 0 Å². The number of hydrogen-bond acceptors (Lipinski definition) is 6. The zero-order valence-electron chi connectivity index (χ0n) is 18.8. The Hall–Kier alpha value is -3.01. The second-order valence-electron chi connectivity index (χ2n) is 8.08. The van der Waals surface area contributed by atoms with Gasteiger partial charge in [-0.3, -0.25) is 4.79 Å². The van der Waals surface area contributed by atoms with Gasteiger partial charge in [0.25, 0.3) is 0 Å². The van der Waals surface area contributed by atoms with Gasteiger partial charge >= 0.3 is 5.97 Å². The van der Waals surface area contributed by atoms with Crippen LogP contribution in [-0.2, 0) is 19.5 Å². The minimum absolute atomic E-state index is 0.0466. The molecule has 33 heavy (non-hydrogen) atoms. The van der Waals surface area contributed by atoms with Crippen LogP contribution in [0.15, 0.2) is 47.4 Å². The smallest absolute Gasteiger partial charge is 0.338 e. The van der Waals surface area contributed by atoms with Gasteiger partial charge in [0.1, 0.15) is 0 Å². The van der Waals surface area contributed by atoms with Crippen LogP contribution in [0.2, 0.25) is 0 Å². The molecule has 0 radical (unpaired) electrons. The largest absolute Gasteiger partial charge is 0.451 e. The molecule has 1 atom stereocenters. The zero-order chi connectivity index (χ0) is 23.8. The van der Waals surface area contributed by atoms with Crippen molar-refractivity contribution in [2.24, 2.45) is 0 Å². The first-order valence-corrected chi connectivity index (χ1v) is 12.1. The Morgan fingerprint density at radius 3 is 2.52 bits per heavy atom. The number of ether oxygens (including phenoxy) is 2. The van der Waals surface area contributed by atoms with Crippen LogP contribution < -0.4 is 0 Å². The number of H-pyrrole nitrogens is 1. The summed E-state index contributed by atoms with van der Waals surface area (Å²) in [5.41, 5.74) is 2.59. The molecule has 3 aromatic rings. The van der Waals surface area contributed by atoms with E-state index < -0.39 is 22.1 Å². The van der Waals surface area contributed by atoms with Crippen molar-refractivity contribution in [1.29, 1.82) is 0 Å². The average Bonchev–Trinajstić information content (AvgIpc) is 3.14. The number of sulfonamides is 1. The van der Waals surface area contributed by atoms with E-state index in [-0.39, 0.29) is 29.3 Å². The summed E-state index contributed by atoms with van der Waals surface area (Å²) >= 11 is 0. The Morgan fingerprint density at radius 1 is 1.09 bits per heavy atom. The molecule has 9 heteroatoms. The first-order valence-electron chi connectivity index (χ1n) is 10.7. The molecule has 1 aromatic heterocycles. The number of morpholine rings is 1. The van der Waals surface area contributed by atoms with Crippen molar-refractivity contribution >= 4 is 32.7 Å². The van der Waals surface area contributed by atoms with Crippen molar-refractivity contribution in [2.75, 3.05) is 26.3 Å². The topological polar surface area (TPSA) is 106 Å². The highest BCUT2D eigenvalue weighted by molar-refractivity contribution is 7.89. The second kappa shape index (κ2) is 9.09. The van der Waals surface area contributed by atoms with Crippen molar-refractivity contribution < 1.29 is 27.5 Å². The summed E-state index contributed by atoms with van der Waals surface area (Å²) < 4.78 is 38.2. The van der Waals surface area contributed by atoms with Gasteiger partial charge in [0.2, 0.25) is 15.8 Å². The SMILES string of the molecule is Cc1ccc(C(=O)O[C@@H](C)C(=O)c2c(C)[nH]c3ccccc23)cc1S(=O)(=O)N1CCOCC1. The minimum atomic E-state index is -3.78. The number of esters is 1. The van der Waals surface area contributed by atoms with Crippen LogP contribution in [-0.4, -0.2) is 61.9 Å². The third-order valence-corrected chi connectivity index (χ3v) is 7.85. The molecule has 0 unspecified atom stereocenters. The Morgan fingerprint density at radius 2 is 1.79 bits per heavy atom. The number of fused-ring (bicyclic) bond motifs is 1. The van der Waals surface area contributed by atoms with Crippen LogP contribution in [0.4, 0.5) is 0 Å². The van der Waals surface area contributed by atoms with Gasteiger partial charge < -0.3 is 14.5 Å². The van der Waals surface area contributed by atoms with Crippen LogP contribution in [0.25, 0.3) is 10.9 Å². The predicted octanol–water partition coefficient (Wildman–Crippen LogP) is 3.23. The van der Waals surface area contributed by atoms with E-state index in [0.29, 0.717) is 30.0 Å². The van der Waals surface area contributed by atoms with Gasteiger partial charge in [0.15, 0.2) is 6.10 Å². The monoisotopic (exact) mass is 470 g/mol. The summed E-state index contributed by atoms with van der Waals surface area (Å²) in [6.45, 7) is 6.15. The molecule has 1 aliphatic heterocycles. The van der Waals surface area contributed by atoms with E-state index in [4.69, 9.17) is 9.47 Å². The van der Waals surface area contributed by atoms with Gasteiger partial charge in [-0.2, -0.15) is 4.31 Å². The van der Waals surface area contributed by atoms with E-state index >= 15 is 0 Å². The highest BCUT2D eigenvalue weighted by atomic mass is 32.2. The van der Waals surface area contributed by atoms with E-state index in [9.17, 15) is 18.0 Å². The molecule has 1 N–H and O–H groups in total. The number of carbonyl (C=O) groups excluding carboxylic acids is 2. The third kappa shape index (κ3) is 4.44. The molecule has 174 valence electrons. The highest BCUT2D eigenvalue weighted by Crippen LogP contribution is 2.25. The van der Waals surface area contributed by atoms with Crippen LogP contribution in [0.1, 0.15) is 38.9 Å². The Kier molecular flexibility index (Phi) is 6.38. The maximum atomic E-state index is 13.1. The number of para-hydroxylation sites is 1. The van der Waals surface area contributed by atoms with Crippen molar-refractivity contribution in [2.45, 2.75) is 31.8 Å².